The van der Waals surface area contributed by atoms with Gasteiger partial charge in [0.15, 0.2) is 0 Å². The molecule has 1 unspecified atom stereocenters. The number of carbonyl (C=O) groups is 2. The normalized spacial score (nSPS) is 16.9. The first-order valence-corrected chi connectivity index (χ1v) is 5.93. The van der Waals surface area contributed by atoms with Crippen molar-refractivity contribution in [1.29, 1.82) is 0 Å². The van der Waals surface area contributed by atoms with Crippen LogP contribution in [0.4, 0.5) is 10.5 Å². The van der Waals surface area contributed by atoms with E-state index < -0.39 is 18.0 Å². The molecule has 19 heavy (non-hydrogen) atoms. The summed E-state index contributed by atoms with van der Waals surface area (Å²) in [5, 5.41) is 9.23. The smallest absolute Gasteiger partial charge is 0.414 e. The number of carboxylic acid groups (broad SMARTS) is 1. The molecule has 0 saturated carbocycles. The highest BCUT2D eigenvalue weighted by Crippen LogP contribution is 2.39. The van der Waals surface area contributed by atoms with E-state index in [2.05, 4.69) is 6.58 Å². The molecule has 0 spiro atoms. The number of rotatable bonds is 3. The van der Waals surface area contributed by atoms with Gasteiger partial charge in [-0.1, -0.05) is 30.9 Å². The van der Waals surface area contributed by atoms with Gasteiger partial charge < -0.3 is 9.84 Å². The van der Waals surface area contributed by atoms with E-state index in [1.54, 1.807) is 12.1 Å². The van der Waals surface area contributed by atoms with Gasteiger partial charge in [0.25, 0.3) is 0 Å². The molecule has 1 aliphatic rings. The predicted octanol–water partition coefficient (Wildman–Crippen LogP) is 2.31. The maximum Gasteiger partial charge on any atom is 0.414 e. The minimum atomic E-state index is -0.939. The highest BCUT2D eigenvalue weighted by Gasteiger charge is 2.38. The summed E-state index contributed by atoms with van der Waals surface area (Å²) in [6.07, 6.45) is 0.931. The van der Waals surface area contributed by atoms with Gasteiger partial charge in [-0.25, -0.2) is 4.79 Å². The minimum Gasteiger partial charge on any atom is -0.481 e. The molecular weight excluding hydrogens is 246 g/mol. The van der Waals surface area contributed by atoms with Crippen LogP contribution in [-0.4, -0.2) is 30.3 Å². The number of fused-ring (bicyclic) bond motifs is 1. The molecule has 0 radical (unpaired) electrons. The van der Waals surface area contributed by atoms with Crippen LogP contribution in [0.2, 0.25) is 0 Å². The monoisotopic (exact) mass is 261 g/mol. The Kier molecular flexibility index (Phi) is 3.55. The van der Waals surface area contributed by atoms with Crippen molar-refractivity contribution in [2.45, 2.75) is 12.8 Å². The summed E-state index contributed by atoms with van der Waals surface area (Å²) in [6, 6.07) is 5.38. The van der Waals surface area contributed by atoms with E-state index in [-0.39, 0.29) is 13.2 Å². The number of aryl methyl sites for hydroxylation is 1. The molecule has 0 bridgehead atoms. The summed E-state index contributed by atoms with van der Waals surface area (Å²) >= 11 is 0. The Hall–Kier alpha value is -2.30. The van der Waals surface area contributed by atoms with Gasteiger partial charge in [0.1, 0.15) is 12.5 Å². The molecule has 1 heterocycles. The zero-order valence-corrected chi connectivity index (χ0v) is 10.6. The number of nitrogens with zero attached hydrogens (tertiary/aromatic N) is 1. The summed E-state index contributed by atoms with van der Waals surface area (Å²) in [7, 11) is 0. The first-order chi connectivity index (χ1) is 9.06. The molecule has 0 aliphatic carbocycles. The number of ether oxygens (including phenoxy) is 1. The van der Waals surface area contributed by atoms with Gasteiger partial charge in [0, 0.05) is 6.54 Å². The number of carboxylic acids is 1. The van der Waals surface area contributed by atoms with Gasteiger partial charge in [-0.3, -0.25) is 9.69 Å². The summed E-state index contributed by atoms with van der Waals surface area (Å²) < 4.78 is 4.99. The molecule has 1 aromatic carbocycles. The van der Waals surface area contributed by atoms with Crippen molar-refractivity contribution in [3.05, 3.63) is 42.0 Å². The summed E-state index contributed by atoms with van der Waals surface area (Å²) in [5.41, 5.74) is 2.16. The van der Waals surface area contributed by atoms with Gasteiger partial charge in [-0.15, -0.1) is 0 Å². The number of para-hydroxylation sites is 1. The van der Waals surface area contributed by atoms with E-state index >= 15 is 0 Å². The third kappa shape index (κ3) is 2.31. The average molecular weight is 261 g/mol. The van der Waals surface area contributed by atoms with Gasteiger partial charge in [-0.2, -0.15) is 0 Å². The fourth-order valence-corrected chi connectivity index (χ4v) is 2.29. The lowest BCUT2D eigenvalue weighted by atomic mass is 10.00. The van der Waals surface area contributed by atoms with Crippen LogP contribution in [0, 0.1) is 6.92 Å². The van der Waals surface area contributed by atoms with Gasteiger partial charge in [-0.05, 0) is 18.1 Å². The third-order valence-electron chi connectivity index (χ3n) is 3.12. The zero-order chi connectivity index (χ0) is 14.0. The van der Waals surface area contributed by atoms with Crippen LogP contribution in [0.25, 0.3) is 0 Å². The quantitative estimate of drug-likeness (QED) is 0.848. The Morgan fingerprint density at radius 3 is 2.95 bits per heavy atom. The molecule has 1 atom stereocenters. The number of aliphatic carboxylic acids is 1. The van der Waals surface area contributed by atoms with Crippen LogP contribution in [0.5, 0.6) is 0 Å². The first-order valence-electron chi connectivity index (χ1n) is 5.93. The van der Waals surface area contributed by atoms with Crippen molar-refractivity contribution in [1.82, 2.24) is 0 Å². The van der Waals surface area contributed by atoms with Crippen LogP contribution in [0.15, 0.2) is 30.9 Å². The van der Waals surface area contributed by atoms with Gasteiger partial charge >= 0.3 is 12.1 Å². The molecule has 2 rings (SSSR count). The van der Waals surface area contributed by atoms with Crippen molar-refractivity contribution < 1.29 is 19.4 Å². The second-order valence-corrected chi connectivity index (χ2v) is 4.38. The number of carbonyl (C=O) groups excluding carboxylic acids is 1. The van der Waals surface area contributed by atoms with Crippen LogP contribution >= 0.6 is 0 Å². The molecule has 0 saturated heterocycles. The van der Waals surface area contributed by atoms with Crippen LogP contribution in [0.3, 0.4) is 0 Å². The summed E-state index contributed by atoms with van der Waals surface area (Å²) in [5.74, 6) is -1.64. The lowest BCUT2D eigenvalue weighted by Gasteiger charge is -2.18. The summed E-state index contributed by atoms with van der Waals surface area (Å²) in [4.78, 5) is 24.6. The zero-order valence-electron chi connectivity index (χ0n) is 10.6. The second kappa shape index (κ2) is 5.14. The number of amides is 1. The Labute approximate surface area is 111 Å². The lowest BCUT2D eigenvalue weighted by molar-refractivity contribution is -0.138. The number of hydrogen-bond donors (Lipinski definition) is 1. The van der Waals surface area contributed by atoms with Crippen LogP contribution in [0.1, 0.15) is 17.0 Å². The SMILES string of the molecule is C=CCOC(=O)N1CC(C(=O)O)c2cccc(C)c21. The number of benzene rings is 1. The van der Waals surface area contributed by atoms with E-state index in [0.29, 0.717) is 11.3 Å². The molecule has 1 N–H and O–H groups in total. The van der Waals surface area contributed by atoms with E-state index in [4.69, 9.17) is 4.74 Å². The van der Waals surface area contributed by atoms with Crippen molar-refractivity contribution in [2.75, 3.05) is 18.1 Å². The maximum absolute atomic E-state index is 12.0. The topological polar surface area (TPSA) is 66.8 Å². The highest BCUT2D eigenvalue weighted by molar-refractivity contribution is 5.96. The van der Waals surface area contributed by atoms with E-state index in [1.807, 2.05) is 13.0 Å². The average Bonchev–Trinajstić information content (AvgIpc) is 2.77. The molecular formula is C14H15NO4. The third-order valence-corrected chi connectivity index (χ3v) is 3.12. The second-order valence-electron chi connectivity index (χ2n) is 4.38. The molecule has 1 aromatic rings. The molecule has 0 fully saturated rings. The van der Waals surface area contributed by atoms with Crippen molar-refractivity contribution in [2.24, 2.45) is 0 Å². The standard InChI is InChI=1S/C14H15NO4/c1-3-7-19-14(18)15-8-11(13(16)17)10-6-4-5-9(2)12(10)15/h3-6,11H,1,7-8H2,2H3,(H,16,17). The van der Waals surface area contributed by atoms with Crippen LogP contribution in [-0.2, 0) is 9.53 Å². The molecule has 1 aliphatic heterocycles. The van der Waals surface area contributed by atoms with Gasteiger partial charge in [0.05, 0.1) is 5.69 Å². The Balaban J connectivity index is 2.37. The fraction of sp³-hybridized carbons (Fsp3) is 0.286. The Morgan fingerprint density at radius 2 is 2.32 bits per heavy atom. The van der Waals surface area contributed by atoms with Crippen molar-refractivity contribution in [3.63, 3.8) is 0 Å². The Bertz CT molecular complexity index is 538. The van der Waals surface area contributed by atoms with Gasteiger partial charge in [0.2, 0.25) is 0 Å². The van der Waals surface area contributed by atoms with E-state index in [0.717, 1.165) is 5.56 Å². The Morgan fingerprint density at radius 1 is 1.58 bits per heavy atom. The summed E-state index contributed by atoms with van der Waals surface area (Å²) in [6.45, 7) is 5.53. The van der Waals surface area contributed by atoms with Crippen molar-refractivity contribution in [3.8, 4) is 0 Å². The highest BCUT2D eigenvalue weighted by atomic mass is 16.6. The van der Waals surface area contributed by atoms with Crippen molar-refractivity contribution >= 4 is 17.7 Å². The first kappa shape index (κ1) is 13.1. The van der Waals surface area contributed by atoms with E-state index in [1.165, 1.54) is 11.0 Å². The fourth-order valence-electron chi connectivity index (χ4n) is 2.29. The number of hydrogen-bond acceptors (Lipinski definition) is 3. The maximum atomic E-state index is 12.0. The minimum absolute atomic E-state index is 0.103. The molecule has 1 amide bonds. The van der Waals surface area contributed by atoms with Crippen LogP contribution < -0.4 is 4.90 Å². The predicted molar refractivity (Wildman–Crippen MR) is 70.4 cm³/mol. The largest absolute Gasteiger partial charge is 0.481 e. The van der Waals surface area contributed by atoms with E-state index in [9.17, 15) is 14.7 Å². The molecule has 100 valence electrons. The molecule has 5 nitrogen and oxygen atoms in total. The lowest BCUT2D eigenvalue weighted by Crippen LogP contribution is -2.32. The molecule has 0 aromatic heterocycles. The molecule has 5 heteroatoms. The number of anilines is 1.